The molecule has 8 nitrogen and oxygen atoms in total. The van der Waals surface area contributed by atoms with Crippen LogP contribution in [0.15, 0.2) is 18.2 Å². The average Bonchev–Trinajstić information content (AvgIpc) is 3.00. The smallest absolute Gasteiger partial charge is 0.322 e. The highest BCUT2D eigenvalue weighted by molar-refractivity contribution is 6.31. The zero-order chi connectivity index (χ0) is 21.0. The van der Waals surface area contributed by atoms with Crippen molar-refractivity contribution in [1.29, 1.82) is 0 Å². The van der Waals surface area contributed by atoms with Gasteiger partial charge in [0.15, 0.2) is 0 Å². The molecular formula is C20H25ClN4O4. The third-order valence-electron chi connectivity index (χ3n) is 5.62. The molecule has 4 amide bonds. The van der Waals surface area contributed by atoms with Gasteiger partial charge in [0, 0.05) is 49.7 Å². The summed E-state index contributed by atoms with van der Waals surface area (Å²) in [6.07, 6.45) is 1.48. The quantitative estimate of drug-likeness (QED) is 0.514. The van der Waals surface area contributed by atoms with Crippen LogP contribution < -0.4 is 15.5 Å². The van der Waals surface area contributed by atoms with Crippen LogP contribution >= 0.6 is 11.6 Å². The van der Waals surface area contributed by atoms with Crippen molar-refractivity contribution in [3.63, 3.8) is 0 Å². The Hall–Kier alpha value is -2.61. The summed E-state index contributed by atoms with van der Waals surface area (Å²) in [5.74, 6) is -0.643. The number of nitrogens with one attached hydrogen (secondary N) is 2. The fourth-order valence-electron chi connectivity index (χ4n) is 3.81. The number of aryl methyl sites for hydroxylation is 1. The highest BCUT2D eigenvalue weighted by atomic mass is 35.5. The Labute approximate surface area is 174 Å². The van der Waals surface area contributed by atoms with E-state index < -0.39 is 17.5 Å². The number of rotatable bonds is 7. The van der Waals surface area contributed by atoms with Crippen LogP contribution in [0.2, 0.25) is 5.02 Å². The first kappa shape index (κ1) is 21.1. The first-order valence-electron chi connectivity index (χ1n) is 9.77. The molecule has 3 rings (SSSR count). The lowest BCUT2D eigenvalue weighted by Crippen LogP contribution is -2.51. The molecule has 1 atom stereocenters. The second kappa shape index (κ2) is 8.82. The van der Waals surface area contributed by atoms with E-state index in [2.05, 4.69) is 28.5 Å². The third kappa shape index (κ3) is 4.53. The summed E-state index contributed by atoms with van der Waals surface area (Å²) in [4.78, 5) is 51.1. The predicted octanol–water partition coefficient (Wildman–Crippen LogP) is 1.50. The van der Waals surface area contributed by atoms with Crippen LogP contribution in [0.5, 0.6) is 0 Å². The molecule has 9 heteroatoms. The molecule has 0 aromatic heterocycles. The van der Waals surface area contributed by atoms with Crippen LogP contribution in [-0.4, -0.2) is 60.7 Å². The molecule has 2 aliphatic rings. The number of imide groups is 1. The van der Waals surface area contributed by atoms with Gasteiger partial charge < -0.3 is 19.9 Å². The molecule has 0 bridgehead atoms. The van der Waals surface area contributed by atoms with Gasteiger partial charge in [-0.05, 0) is 36.6 Å². The van der Waals surface area contributed by atoms with E-state index in [1.807, 2.05) is 12.1 Å². The Morgan fingerprint density at radius 1 is 1.24 bits per heavy atom. The first-order chi connectivity index (χ1) is 13.9. The second-order valence-electron chi connectivity index (χ2n) is 7.36. The number of aldehydes is 1. The monoisotopic (exact) mass is 420 g/mol. The minimum absolute atomic E-state index is 0.0858. The standard InChI is InChI=1S/C20H25ClN4O4/c1-2-14-13-15(3-4-16(14)21)24-8-10-25(11-9-24)17(27)5-6-20(7-12-26)18(28)22-19(29)23-20/h3-4,12-13H,2,5-11H2,1H3,(H2,22,23,28,29). The number of halogens is 1. The van der Waals surface area contributed by atoms with Crippen LogP contribution in [0, 0.1) is 0 Å². The normalized spacial score (nSPS) is 21.7. The number of nitrogens with zero attached hydrogens (tertiary/aromatic N) is 2. The summed E-state index contributed by atoms with van der Waals surface area (Å²) >= 11 is 6.19. The van der Waals surface area contributed by atoms with Crippen LogP contribution in [0.4, 0.5) is 10.5 Å². The minimum atomic E-state index is -1.32. The Bertz CT molecular complexity index is 823. The van der Waals surface area contributed by atoms with Crippen LogP contribution in [0.3, 0.4) is 0 Å². The molecule has 2 aliphatic heterocycles. The van der Waals surface area contributed by atoms with E-state index in [0.717, 1.165) is 22.7 Å². The van der Waals surface area contributed by atoms with E-state index in [4.69, 9.17) is 11.6 Å². The molecule has 29 heavy (non-hydrogen) atoms. The lowest BCUT2D eigenvalue weighted by molar-refractivity contribution is -0.133. The van der Waals surface area contributed by atoms with Gasteiger partial charge in [-0.15, -0.1) is 0 Å². The maximum atomic E-state index is 12.6. The molecular weight excluding hydrogens is 396 g/mol. The Morgan fingerprint density at radius 3 is 2.55 bits per heavy atom. The van der Waals surface area contributed by atoms with Crippen molar-refractivity contribution in [2.24, 2.45) is 0 Å². The van der Waals surface area contributed by atoms with Gasteiger partial charge in [-0.25, -0.2) is 4.79 Å². The Morgan fingerprint density at radius 2 is 1.97 bits per heavy atom. The van der Waals surface area contributed by atoms with Gasteiger partial charge in [0.2, 0.25) is 5.91 Å². The number of carbonyl (C=O) groups is 4. The fourth-order valence-corrected chi connectivity index (χ4v) is 4.06. The van der Waals surface area contributed by atoms with Crippen LogP contribution in [-0.2, 0) is 20.8 Å². The molecule has 0 radical (unpaired) electrons. The molecule has 1 aromatic carbocycles. The van der Waals surface area contributed by atoms with Crippen LogP contribution in [0.1, 0.15) is 31.7 Å². The topological polar surface area (TPSA) is 98.8 Å². The molecule has 1 aromatic rings. The number of amides is 4. The van der Waals surface area contributed by atoms with Gasteiger partial charge in [0.05, 0.1) is 0 Å². The Kier molecular flexibility index (Phi) is 6.42. The number of piperazine rings is 1. The van der Waals surface area contributed by atoms with Crippen molar-refractivity contribution in [2.45, 2.75) is 38.1 Å². The van der Waals surface area contributed by atoms with Gasteiger partial charge in [-0.3, -0.25) is 14.9 Å². The van der Waals surface area contributed by atoms with Crippen LogP contribution in [0.25, 0.3) is 0 Å². The summed E-state index contributed by atoms with van der Waals surface area (Å²) < 4.78 is 0. The van der Waals surface area contributed by atoms with E-state index in [0.29, 0.717) is 32.5 Å². The molecule has 156 valence electrons. The van der Waals surface area contributed by atoms with E-state index >= 15 is 0 Å². The summed E-state index contributed by atoms with van der Waals surface area (Å²) in [5, 5.41) is 5.41. The summed E-state index contributed by atoms with van der Waals surface area (Å²) in [6.45, 7) is 4.61. The second-order valence-corrected chi connectivity index (χ2v) is 7.77. The summed E-state index contributed by atoms with van der Waals surface area (Å²) in [6, 6.07) is 5.35. The van der Waals surface area contributed by atoms with E-state index in [1.54, 1.807) is 4.90 Å². The number of urea groups is 1. The number of benzene rings is 1. The van der Waals surface area contributed by atoms with Crippen molar-refractivity contribution < 1.29 is 19.2 Å². The lowest BCUT2D eigenvalue weighted by atomic mass is 9.90. The summed E-state index contributed by atoms with van der Waals surface area (Å²) in [5.41, 5.74) is 0.865. The predicted molar refractivity (Wildman–Crippen MR) is 109 cm³/mol. The zero-order valence-electron chi connectivity index (χ0n) is 16.4. The van der Waals surface area contributed by atoms with Crippen molar-refractivity contribution in [1.82, 2.24) is 15.5 Å². The number of hydrogen-bond acceptors (Lipinski definition) is 5. The number of anilines is 1. The van der Waals surface area contributed by atoms with Gasteiger partial charge in [-0.1, -0.05) is 18.5 Å². The lowest BCUT2D eigenvalue weighted by Gasteiger charge is -2.37. The first-order valence-corrected chi connectivity index (χ1v) is 10.1. The molecule has 2 heterocycles. The molecule has 1 unspecified atom stereocenters. The van der Waals surface area contributed by atoms with Gasteiger partial charge in [-0.2, -0.15) is 0 Å². The van der Waals surface area contributed by atoms with E-state index in [-0.39, 0.29) is 25.2 Å². The average molecular weight is 421 g/mol. The number of hydrogen-bond donors (Lipinski definition) is 2. The SMILES string of the molecule is CCc1cc(N2CCN(C(=O)CCC3(CC=O)NC(=O)NC3=O)CC2)ccc1Cl. The molecule has 0 spiro atoms. The highest BCUT2D eigenvalue weighted by Crippen LogP contribution is 2.25. The molecule has 2 saturated heterocycles. The molecule has 0 aliphatic carbocycles. The van der Waals surface area contributed by atoms with Gasteiger partial charge >= 0.3 is 6.03 Å². The van der Waals surface area contributed by atoms with Crippen molar-refractivity contribution in [3.8, 4) is 0 Å². The third-order valence-corrected chi connectivity index (χ3v) is 5.99. The highest BCUT2D eigenvalue weighted by Gasteiger charge is 2.46. The maximum Gasteiger partial charge on any atom is 0.322 e. The molecule has 2 N–H and O–H groups in total. The fraction of sp³-hybridized carbons (Fsp3) is 0.500. The van der Waals surface area contributed by atoms with E-state index in [9.17, 15) is 19.2 Å². The van der Waals surface area contributed by atoms with Crippen molar-refractivity contribution in [2.75, 3.05) is 31.1 Å². The number of carbonyl (C=O) groups excluding carboxylic acids is 4. The molecule has 2 fully saturated rings. The Balaban J connectivity index is 1.55. The zero-order valence-corrected chi connectivity index (χ0v) is 17.1. The molecule has 0 saturated carbocycles. The van der Waals surface area contributed by atoms with Gasteiger partial charge in [0.25, 0.3) is 5.91 Å². The van der Waals surface area contributed by atoms with Crippen molar-refractivity contribution >= 4 is 41.4 Å². The minimum Gasteiger partial charge on any atom is -0.368 e. The summed E-state index contributed by atoms with van der Waals surface area (Å²) in [7, 11) is 0. The van der Waals surface area contributed by atoms with Crippen molar-refractivity contribution in [3.05, 3.63) is 28.8 Å². The largest absolute Gasteiger partial charge is 0.368 e. The van der Waals surface area contributed by atoms with Gasteiger partial charge in [0.1, 0.15) is 11.8 Å². The van der Waals surface area contributed by atoms with E-state index in [1.165, 1.54) is 0 Å². The maximum absolute atomic E-state index is 12.6.